The van der Waals surface area contributed by atoms with Crippen molar-refractivity contribution in [3.63, 3.8) is 0 Å². The Morgan fingerprint density at radius 3 is 2.52 bits per heavy atom. The van der Waals surface area contributed by atoms with Crippen LogP contribution in [-0.2, 0) is 32.7 Å². The van der Waals surface area contributed by atoms with E-state index in [1.54, 1.807) is 12.4 Å². The van der Waals surface area contributed by atoms with Crippen LogP contribution in [0.4, 0.5) is 0 Å². The van der Waals surface area contributed by atoms with E-state index < -0.39 is 0 Å². The second-order valence-electron chi connectivity index (χ2n) is 4.81. The Bertz CT molecular complexity index is 432. The fourth-order valence-corrected chi connectivity index (χ4v) is 2.19. The molecule has 1 saturated carbocycles. The van der Waals surface area contributed by atoms with Gasteiger partial charge >= 0.3 is 0 Å². The second-order valence-corrected chi connectivity index (χ2v) is 4.81. The number of pyridine rings is 1. The van der Waals surface area contributed by atoms with Crippen LogP contribution in [0.1, 0.15) is 57.2 Å². The molecule has 113 valence electrons. The summed E-state index contributed by atoms with van der Waals surface area (Å²) in [6.07, 6.45) is 11.6. The molecule has 0 saturated heterocycles. The van der Waals surface area contributed by atoms with Gasteiger partial charge in [-0.15, -0.1) is 5.56 Å². The summed E-state index contributed by atoms with van der Waals surface area (Å²) in [6.45, 7) is 5.97. The van der Waals surface area contributed by atoms with Gasteiger partial charge in [0.25, 0.3) is 0 Å². The summed E-state index contributed by atoms with van der Waals surface area (Å²) in [7, 11) is 0. The average molecular weight is 361 g/mol. The van der Waals surface area contributed by atoms with Crippen LogP contribution in [0, 0.1) is 13.0 Å². The third-order valence-electron chi connectivity index (χ3n) is 3.31. The summed E-state index contributed by atoms with van der Waals surface area (Å²) in [6, 6.07) is 5.46. The molecule has 0 bridgehead atoms. The maximum atomic E-state index is 5.65. The first kappa shape index (κ1) is 20.5. The second kappa shape index (κ2) is 12.1. The Labute approximate surface area is 154 Å². The van der Waals surface area contributed by atoms with Gasteiger partial charge in [-0.05, 0) is 30.3 Å². The number of hydrogen-bond donors (Lipinski definition) is 1. The average Bonchev–Trinajstić information content (AvgIpc) is 2.52. The number of nitrogens with two attached hydrogens (primary N) is 1. The van der Waals surface area contributed by atoms with Crippen LogP contribution < -0.4 is 5.73 Å². The third kappa shape index (κ3) is 7.33. The van der Waals surface area contributed by atoms with Crippen LogP contribution in [0.25, 0.3) is 5.57 Å². The maximum absolute atomic E-state index is 5.65. The molecule has 0 atom stereocenters. The van der Waals surface area contributed by atoms with Crippen molar-refractivity contribution in [1.82, 2.24) is 4.98 Å². The van der Waals surface area contributed by atoms with E-state index in [1.807, 2.05) is 33.1 Å². The standard InChI is InChI=1S/C15H20N3.C2H6.Y/c1-12-7-8-15(18-10-12)13(9-16)11-17-14-5-3-2-4-6-14;1-2;/h8-11,14H,2-6,16H2,1H3;1-2H3;/q-1;;/b13-9+,17-11?;;. The number of aryl methyl sites for hydroxylation is 1. The molecule has 3 nitrogen and oxygen atoms in total. The molecule has 0 aliphatic heterocycles. The molecule has 1 aliphatic carbocycles. The fraction of sp³-hybridized carbons (Fsp3) is 0.529. The smallest absolute Gasteiger partial charge is 0.0499 e. The molecule has 0 amide bonds. The Kier molecular flexibility index (Phi) is 11.7. The van der Waals surface area contributed by atoms with E-state index in [1.165, 1.54) is 32.1 Å². The van der Waals surface area contributed by atoms with Gasteiger partial charge in [0, 0.05) is 45.0 Å². The molecule has 4 heteroatoms. The molecule has 1 aromatic rings. The van der Waals surface area contributed by atoms with Crippen molar-refractivity contribution in [2.45, 2.75) is 58.9 Å². The van der Waals surface area contributed by atoms with E-state index in [4.69, 9.17) is 5.73 Å². The Morgan fingerprint density at radius 1 is 1.33 bits per heavy atom. The number of rotatable bonds is 3. The summed E-state index contributed by atoms with van der Waals surface area (Å²) in [5.41, 5.74) is 8.39. The van der Waals surface area contributed by atoms with Crippen molar-refractivity contribution in [3.8, 4) is 0 Å². The summed E-state index contributed by atoms with van der Waals surface area (Å²) in [5.74, 6) is 0. The van der Waals surface area contributed by atoms with Gasteiger partial charge in [0.1, 0.15) is 0 Å². The molecule has 0 spiro atoms. The molecule has 21 heavy (non-hydrogen) atoms. The molecule has 2 N–H and O–H groups in total. The van der Waals surface area contributed by atoms with E-state index in [0.29, 0.717) is 6.04 Å². The van der Waals surface area contributed by atoms with Gasteiger partial charge in [-0.2, -0.15) is 12.1 Å². The zero-order valence-electron chi connectivity index (χ0n) is 13.5. The largest absolute Gasteiger partial charge is 0.405 e. The van der Waals surface area contributed by atoms with Gasteiger partial charge in [0.15, 0.2) is 0 Å². The zero-order valence-corrected chi connectivity index (χ0v) is 16.3. The van der Waals surface area contributed by atoms with Crippen molar-refractivity contribution < 1.29 is 32.7 Å². The van der Waals surface area contributed by atoms with Crippen molar-refractivity contribution in [1.29, 1.82) is 0 Å². The van der Waals surface area contributed by atoms with Crippen molar-refractivity contribution in [2.24, 2.45) is 10.7 Å². The van der Waals surface area contributed by atoms with E-state index in [9.17, 15) is 0 Å². The van der Waals surface area contributed by atoms with Gasteiger partial charge in [-0.1, -0.05) is 46.2 Å². The molecule has 1 aromatic heterocycles. The minimum absolute atomic E-state index is 0. The van der Waals surface area contributed by atoms with Crippen molar-refractivity contribution >= 4 is 11.8 Å². The van der Waals surface area contributed by atoms with Crippen LogP contribution in [0.3, 0.4) is 0 Å². The van der Waals surface area contributed by atoms with Crippen LogP contribution in [0.5, 0.6) is 0 Å². The van der Waals surface area contributed by atoms with Crippen LogP contribution in [0.15, 0.2) is 23.5 Å². The first-order valence-electron chi connectivity index (χ1n) is 7.59. The van der Waals surface area contributed by atoms with Crippen molar-refractivity contribution in [3.05, 3.63) is 35.8 Å². The Morgan fingerprint density at radius 2 is 2.00 bits per heavy atom. The number of hydrogen-bond acceptors (Lipinski definition) is 3. The molecular formula is C17H26N3Y-. The quantitative estimate of drug-likeness (QED) is 0.655. The summed E-state index contributed by atoms with van der Waals surface area (Å²) in [4.78, 5) is 8.97. The maximum Gasteiger partial charge on any atom is 0.0499 e. The summed E-state index contributed by atoms with van der Waals surface area (Å²) < 4.78 is 0. The van der Waals surface area contributed by atoms with Gasteiger partial charge in [0.2, 0.25) is 0 Å². The summed E-state index contributed by atoms with van der Waals surface area (Å²) >= 11 is 0. The minimum atomic E-state index is 0. The zero-order chi connectivity index (χ0) is 14.8. The Balaban J connectivity index is 0.00000128. The van der Waals surface area contributed by atoms with E-state index in [2.05, 4.69) is 16.0 Å². The number of nitrogens with zero attached hydrogens (tertiary/aromatic N) is 2. The van der Waals surface area contributed by atoms with Crippen molar-refractivity contribution in [2.75, 3.05) is 0 Å². The van der Waals surface area contributed by atoms with Crippen LogP contribution in [0.2, 0.25) is 0 Å². The molecule has 1 heterocycles. The molecule has 0 aromatic carbocycles. The molecule has 1 radical (unpaired) electrons. The molecule has 1 aliphatic rings. The normalized spacial score (nSPS) is 16.0. The van der Waals surface area contributed by atoms with E-state index >= 15 is 0 Å². The molecule has 0 unspecified atom stereocenters. The van der Waals surface area contributed by atoms with E-state index in [0.717, 1.165) is 16.8 Å². The first-order valence-corrected chi connectivity index (χ1v) is 7.59. The van der Waals surface area contributed by atoms with Gasteiger partial charge in [-0.25, -0.2) is 0 Å². The molecular weight excluding hydrogens is 335 g/mol. The third-order valence-corrected chi connectivity index (χ3v) is 3.31. The number of aromatic nitrogens is 1. The van der Waals surface area contributed by atoms with E-state index in [-0.39, 0.29) is 32.7 Å². The predicted molar refractivity (Wildman–Crippen MR) is 86.7 cm³/mol. The van der Waals surface area contributed by atoms with Gasteiger partial charge in [-0.3, -0.25) is 4.99 Å². The monoisotopic (exact) mass is 361 g/mol. The number of aliphatic imine (C=N–C) groups is 1. The predicted octanol–water partition coefficient (Wildman–Crippen LogP) is 3.92. The Hall–Kier alpha value is -0.536. The van der Waals surface area contributed by atoms with Crippen LogP contribution in [-0.4, -0.2) is 17.2 Å². The molecule has 1 fully saturated rings. The SMILES string of the molecule is CC.Cc1[c-]cc(/C(C=NC2CCCCC2)=C/N)nc1.[Y]. The first-order chi connectivity index (χ1) is 9.79. The number of allylic oxidation sites excluding steroid dienone is 1. The minimum Gasteiger partial charge on any atom is -0.405 e. The topological polar surface area (TPSA) is 51.3 Å². The summed E-state index contributed by atoms with van der Waals surface area (Å²) in [5, 5.41) is 0. The van der Waals surface area contributed by atoms with Crippen LogP contribution >= 0.6 is 0 Å². The fourth-order valence-electron chi connectivity index (χ4n) is 2.19. The van der Waals surface area contributed by atoms with Gasteiger partial charge < -0.3 is 10.7 Å². The van der Waals surface area contributed by atoms with Gasteiger partial charge in [0.05, 0.1) is 0 Å². The molecule has 2 rings (SSSR count).